The van der Waals surface area contributed by atoms with Crippen molar-refractivity contribution in [2.45, 2.75) is 77.4 Å². The van der Waals surface area contributed by atoms with Crippen molar-refractivity contribution in [1.82, 2.24) is 9.78 Å². The smallest absolute Gasteiger partial charge is 0.253 e. The van der Waals surface area contributed by atoms with E-state index in [0.29, 0.717) is 23.7 Å². The van der Waals surface area contributed by atoms with Crippen molar-refractivity contribution in [3.05, 3.63) is 23.2 Å². The summed E-state index contributed by atoms with van der Waals surface area (Å²) in [5.74, 6) is 5.32. The third kappa shape index (κ3) is 3.13. The number of aromatic nitrogens is 2. The zero-order valence-electron chi connectivity index (χ0n) is 19.7. The van der Waals surface area contributed by atoms with Crippen molar-refractivity contribution < 1.29 is 9.90 Å². The number of hydrogen-bond acceptors (Lipinski definition) is 4. The van der Waals surface area contributed by atoms with Gasteiger partial charge in [-0.1, -0.05) is 18.6 Å². The number of hydrogen-bond donors (Lipinski definition) is 1. The van der Waals surface area contributed by atoms with Gasteiger partial charge in [0.1, 0.15) is 6.07 Å². The van der Waals surface area contributed by atoms with Crippen LogP contribution in [0.15, 0.2) is 6.07 Å². The van der Waals surface area contributed by atoms with Crippen LogP contribution in [0.25, 0.3) is 4.85 Å². The summed E-state index contributed by atoms with van der Waals surface area (Å²) in [5.41, 5.74) is -0.217. The average molecular weight is 447 g/mol. The molecule has 5 fully saturated rings. The summed E-state index contributed by atoms with van der Waals surface area (Å²) in [5, 5.41) is 24.0. The molecule has 1 aromatic rings. The Labute approximate surface area is 196 Å². The highest BCUT2D eigenvalue weighted by atomic mass is 16.3. The lowest BCUT2D eigenvalue weighted by Gasteiger charge is -2.57. The number of carbonyl (C=O) groups is 1. The molecule has 0 amide bonds. The molecule has 1 N–H and O–H groups in total. The SMILES string of the molecule is [C-]#[N+]c1cc(C#N)nn1CC(=O)[C@H]1[C@H]2C[C@H]2[C@H]2[C@@H]3CC[C@@H]4C[C@](C)(O)CC[C@@H]4[C@H]3CC[C@@]21C. The van der Waals surface area contributed by atoms with Crippen LogP contribution in [0.1, 0.15) is 70.9 Å². The number of nitrogens with zero attached hydrogens (tertiary/aromatic N) is 4. The topological polar surface area (TPSA) is 83.3 Å². The lowest BCUT2D eigenvalue weighted by atomic mass is 9.48. The van der Waals surface area contributed by atoms with E-state index in [9.17, 15) is 9.90 Å². The maximum atomic E-state index is 13.7. The third-order valence-electron chi connectivity index (χ3n) is 10.7. The van der Waals surface area contributed by atoms with Crippen LogP contribution >= 0.6 is 0 Å². The number of fused-ring (bicyclic) bond motifs is 7. The minimum Gasteiger partial charge on any atom is -0.390 e. The van der Waals surface area contributed by atoms with E-state index in [0.717, 1.165) is 37.0 Å². The zero-order valence-corrected chi connectivity index (χ0v) is 19.7. The molecule has 6 nitrogen and oxygen atoms in total. The summed E-state index contributed by atoms with van der Waals surface area (Å²) in [6.07, 6.45) is 9.10. The molecule has 6 heteroatoms. The largest absolute Gasteiger partial charge is 0.390 e. The summed E-state index contributed by atoms with van der Waals surface area (Å²) in [4.78, 5) is 17.1. The van der Waals surface area contributed by atoms with Crippen LogP contribution in [0.3, 0.4) is 0 Å². The first-order valence-corrected chi connectivity index (χ1v) is 12.9. The van der Waals surface area contributed by atoms with E-state index >= 15 is 0 Å². The van der Waals surface area contributed by atoms with Crippen LogP contribution in [-0.4, -0.2) is 26.3 Å². The molecule has 5 aliphatic rings. The molecule has 174 valence electrons. The fourth-order valence-electron chi connectivity index (χ4n) is 9.57. The summed E-state index contributed by atoms with van der Waals surface area (Å²) < 4.78 is 1.45. The lowest BCUT2D eigenvalue weighted by molar-refractivity contribution is -0.136. The van der Waals surface area contributed by atoms with Crippen LogP contribution < -0.4 is 0 Å². The van der Waals surface area contributed by atoms with Gasteiger partial charge in [-0.25, -0.2) is 0 Å². The number of nitriles is 1. The van der Waals surface area contributed by atoms with E-state index in [4.69, 9.17) is 11.8 Å². The number of aliphatic hydroxyl groups is 1. The Morgan fingerprint density at radius 3 is 2.76 bits per heavy atom. The molecule has 0 bridgehead atoms. The number of Topliss-reactive ketones (excluding diaryl/α,β-unsaturated/α-hetero) is 1. The molecule has 0 saturated heterocycles. The molecule has 6 rings (SSSR count). The number of rotatable bonds is 3. The van der Waals surface area contributed by atoms with Crippen molar-refractivity contribution >= 4 is 11.6 Å². The summed E-state index contributed by atoms with van der Waals surface area (Å²) in [6.45, 7) is 11.9. The van der Waals surface area contributed by atoms with Crippen LogP contribution in [0.5, 0.6) is 0 Å². The van der Waals surface area contributed by atoms with E-state index < -0.39 is 5.60 Å². The molecule has 5 saturated carbocycles. The predicted octanol–water partition coefficient (Wildman–Crippen LogP) is 4.75. The molecule has 0 radical (unpaired) electrons. The minimum atomic E-state index is -0.480. The molecule has 0 spiro atoms. The predicted molar refractivity (Wildman–Crippen MR) is 122 cm³/mol. The standard InChI is InChI=1S/C27H34N4O2/c1-26(33)8-6-17-15(12-26)4-5-19-18(17)7-9-27(2)24(19)20-11-21(20)25(27)22(32)14-31-23(29-3)10-16(13-28)30-31/h10,15,17-21,24-25,33H,4-9,11-12,14H2,1-2H3/t15-,17+,18-,19-,20-,21+,24-,25-,26-,27+/m1/s1. The normalized spacial score (nSPS) is 47.3. The second-order valence-electron chi connectivity index (χ2n) is 12.4. The summed E-state index contributed by atoms with van der Waals surface area (Å²) >= 11 is 0. The van der Waals surface area contributed by atoms with Gasteiger partial charge in [0.25, 0.3) is 5.82 Å². The summed E-state index contributed by atoms with van der Waals surface area (Å²) in [6, 6.07) is 3.47. The van der Waals surface area contributed by atoms with Gasteiger partial charge in [0.15, 0.2) is 18.0 Å². The minimum absolute atomic E-state index is 0.0578. The van der Waals surface area contributed by atoms with Crippen LogP contribution in [0, 0.1) is 70.7 Å². The van der Waals surface area contributed by atoms with E-state index in [1.54, 1.807) is 0 Å². The Hall–Kier alpha value is -2.18. The zero-order chi connectivity index (χ0) is 23.1. The van der Waals surface area contributed by atoms with Gasteiger partial charge in [-0.2, -0.15) is 9.94 Å². The Kier molecular flexibility index (Phi) is 4.63. The molecular weight excluding hydrogens is 412 g/mol. The van der Waals surface area contributed by atoms with Gasteiger partial charge in [-0.15, -0.1) is 0 Å². The molecule has 0 unspecified atom stereocenters. The van der Waals surface area contributed by atoms with Crippen LogP contribution in [0.2, 0.25) is 0 Å². The first kappa shape index (κ1) is 21.4. The van der Waals surface area contributed by atoms with Crippen molar-refractivity contribution in [2.75, 3.05) is 0 Å². The van der Waals surface area contributed by atoms with Crippen molar-refractivity contribution in [3.8, 4) is 6.07 Å². The van der Waals surface area contributed by atoms with Crippen LogP contribution in [-0.2, 0) is 11.3 Å². The second-order valence-corrected chi connectivity index (χ2v) is 12.4. The average Bonchev–Trinajstić information content (AvgIpc) is 3.33. The van der Waals surface area contributed by atoms with E-state index in [2.05, 4.69) is 16.9 Å². The van der Waals surface area contributed by atoms with Gasteiger partial charge in [0, 0.05) is 12.0 Å². The molecule has 5 aliphatic carbocycles. The maximum absolute atomic E-state index is 13.7. The molecule has 33 heavy (non-hydrogen) atoms. The molecular formula is C27H34N4O2. The van der Waals surface area contributed by atoms with Crippen molar-refractivity contribution in [1.29, 1.82) is 5.26 Å². The first-order valence-electron chi connectivity index (χ1n) is 12.9. The van der Waals surface area contributed by atoms with E-state index in [1.165, 1.54) is 42.9 Å². The highest BCUT2D eigenvalue weighted by Crippen LogP contribution is 2.74. The Balaban J connectivity index is 1.24. The third-order valence-corrected chi connectivity index (χ3v) is 10.7. The van der Waals surface area contributed by atoms with Gasteiger partial charge in [0.05, 0.1) is 5.60 Å². The lowest BCUT2D eigenvalue weighted by Crippen LogP contribution is -2.52. The van der Waals surface area contributed by atoms with Gasteiger partial charge in [0.2, 0.25) is 0 Å². The van der Waals surface area contributed by atoms with Gasteiger partial charge in [-0.3, -0.25) is 4.79 Å². The Morgan fingerprint density at radius 1 is 1.21 bits per heavy atom. The molecule has 1 aromatic heterocycles. The fraction of sp³-hybridized carbons (Fsp3) is 0.778. The van der Waals surface area contributed by atoms with Crippen molar-refractivity contribution in [3.63, 3.8) is 0 Å². The van der Waals surface area contributed by atoms with E-state index in [-0.39, 0.29) is 35.2 Å². The summed E-state index contributed by atoms with van der Waals surface area (Å²) in [7, 11) is 0. The quantitative estimate of drug-likeness (QED) is 0.679. The first-order chi connectivity index (χ1) is 15.8. The molecule has 0 aliphatic heterocycles. The molecule has 0 aromatic carbocycles. The van der Waals surface area contributed by atoms with E-state index in [1.807, 2.05) is 13.0 Å². The number of carbonyl (C=O) groups excluding carboxylic acids is 1. The molecule has 1 heterocycles. The van der Waals surface area contributed by atoms with Gasteiger partial charge < -0.3 is 9.95 Å². The number of ketones is 1. The van der Waals surface area contributed by atoms with Crippen molar-refractivity contribution in [2.24, 2.45) is 52.8 Å². The monoisotopic (exact) mass is 446 g/mol. The second kappa shape index (κ2) is 7.16. The Bertz CT molecular complexity index is 1080. The van der Waals surface area contributed by atoms with Gasteiger partial charge >= 0.3 is 0 Å². The highest BCUT2D eigenvalue weighted by molar-refractivity contribution is 5.83. The fourth-order valence-corrected chi connectivity index (χ4v) is 9.57. The van der Waals surface area contributed by atoms with Gasteiger partial charge in [-0.05, 0) is 105 Å². The molecule has 10 atom stereocenters. The van der Waals surface area contributed by atoms with Crippen LogP contribution in [0.4, 0.5) is 5.82 Å². The Morgan fingerprint density at radius 2 is 2.00 bits per heavy atom. The maximum Gasteiger partial charge on any atom is 0.253 e. The highest BCUT2D eigenvalue weighted by Gasteiger charge is 2.71.